The number of hydrogen-bond donors (Lipinski definition) is 1. The van der Waals surface area contributed by atoms with Crippen molar-refractivity contribution in [3.8, 4) is 23.2 Å². The fraction of sp³-hybridized carbons (Fsp3) is 0.227. The van der Waals surface area contributed by atoms with Gasteiger partial charge in [-0.25, -0.2) is 4.79 Å². The molecule has 3 heterocycles. The van der Waals surface area contributed by atoms with Crippen LogP contribution in [0.1, 0.15) is 34.7 Å². The highest BCUT2D eigenvalue weighted by molar-refractivity contribution is 5.97. The van der Waals surface area contributed by atoms with Crippen molar-refractivity contribution in [1.82, 2.24) is 30.1 Å². The minimum atomic E-state index is -0.504. The number of pyridine rings is 1. The Morgan fingerprint density at radius 3 is 2.61 bits per heavy atom. The van der Waals surface area contributed by atoms with E-state index in [2.05, 4.69) is 30.1 Å². The molecule has 0 atom stereocenters. The fourth-order valence-corrected chi connectivity index (χ4v) is 3.50. The Kier molecular flexibility index (Phi) is 5.13. The Balaban J connectivity index is 1.53. The van der Waals surface area contributed by atoms with Crippen molar-refractivity contribution < 1.29 is 14.1 Å². The predicted octanol–water partition coefficient (Wildman–Crippen LogP) is 3.00. The van der Waals surface area contributed by atoms with Crippen molar-refractivity contribution in [2.45, 2.75) is 18.8 Å². The van der Waals surface area contributed by atoms with Crippen LogP contribution in [0.4, 0.5) is 17.6 Å². The summed E-state index contributed by atoms with van der Waals surface area (Å²) in [6.07, 6.45) is 3.63. The smallest absolute Gasteiger partial charge is 0.340 e. The Morgan fingerprint density at radius 1 is 1.09 bits per heavy atom. The van der Waals surface area contributed by atoms with Crippen LogP contribution in [0.5, 0.6) is 0 Å². The van der Waals surface area contributed by atoms with Crippen LogP contribution in [-0.2, 0) is 4.74 Å². The number of anilines is 3. The molecule has 0 radical (unpaired) electrons. The van der Waals surface area contributed by atoms with Gasteiger partial charge in [-0.1, -0.05) is 23.4 Å². The van der Waals surface area contributed by atoms with Gasteiger partial charge in [0.05, 0.1) is 12.7 Å². The largest absolute Gasteiger partial charge is 0.465 e. The molecule has 0 saturated heterocycles. The van der Waals surface area contributed by atoms with Gasteiger partial charge in [0.1, 0.15) is 5.69 Å². The highest BCUT2D eigenvalue weighted by atomic mass is 16.5. The van der Waals surface area contributed by atoms with E-state index in [4.69, 9.17) is 15.0 Å². The Hall–Kier alpha value is -4.41. The van der Waals surface area contributed by atoms with E-state index in [0.29, 0.717) is 17.4 Å². The molecule has 0 amide bonds. The number of rotatable bonds is 6. The molecule has 1 fully saturated rings. The molecule has 0 unspecified atom stereocenters. The van der Waals surface area contributed by atoms with Crippen LogP contribution in [0, 0.1) is 0 Å². The normalized spacial score (nSPS) is 13.0. The van der Waals surface area contributed by atoms with E-state index in [1.54, 1.807) is 11.1 Å². The van der Waals surface area contributed by atoms with E-state index >= 15 is 0 Å². The van der Waals surface area contributed by atoms with Gasteiger partial charge in [0.15, 0.2) is 0 Å². The summed E-state index contributed by atoms with van der Waals surface area (Å²) in [5, 5.41) is 3.99. The van der Waals surface area contributed by atoms with Gasteiger partial charge in [0, 0.05) is 18.9 Å². The molecule has 0 bridgehead atoms. The molecule has 1 aliphatic carbocycles. The number of para-hydroxylation sites is 1. The molecular formula is C22H20N8O3. The summed E-state index contributed by atoms with van der Waals surface area (Å²) in [6.45, 7) is 0. The standard InChI is InChI=1S/C22H20N8O3/c1-30(13-6-4-3-5-7-13)22-27-17(26-21(23)28-22)18-25-19(33-29-18)16-15(20(31)32-2)14(10-11-24-16)12-8-9-12/h3-7,10-12H,8-9H2,1-2H3,(H2,23,26,27,28). The molecule has 0 aliphatic heterocycles. The van der Waals surface area contributed by atoms with Gasteiger partial charge < -0.3 is 19.9 Å². The Bertz CT molecular complexity index is 1320. The number of nitrogens with zero attached hydrogens (tertiary/aromatic N) is 7. The fourth-order valence-electron chi connectivity index (χ4n) is 3.50. The molecule has 11 heteroatoms. The average Bonchev–Trinajstić information content (AvgIpc) is 3.58. The zero-order chi connectivity index (χ0) is 22.9. The maximum Gasteiger partial charge on any atom is 0.340 e. The number of nitrogens with two attached hydrogens (primary N) is 1. The van der Waals surface area contributed by atoms with Crippen LogP contribution >= 0.6 is 0 Å². The lowest BCUT2D eigenvalue weighted by atomic mass is 10.0. The van der Waals surface area contributed by atoms with Crippen LogP contribution < -0.4 is 10.6 Å². The van der Waals surface area contributed by atoms with Gasteiger partial charge in [-0.15, -0.1) is 0 Å². The number of nitrogen functional groups attached to an aromatic ring is 1. The maximum atomic E-state index is 12.5. The molecule has 5 rings (SSSR count). The van der Waals surface area contributed by atoms with Crippen molar-refractivity contribution in [2.24, 2.45) is 0 Å². The first-order valence-corrected chi connectivity index (χ1v) is 10.3. The minimum Gasteiger partial charge on any atom is -0.465 e. The second kappa shape index (κ2) is 8.26. The average molecular weight is 444 g/mol. The number of carbonyl (C=O) groups is 1. The van der Waals surface area contributed by atoms with Crippen LogP contribution in [-0.4, -0.2) is 50.2 Å². The molecule has 1 aromatic carbocycles. The van der Waals surface area contributed by atoms with E-state index in [1.807, 2.05) is 43.4 Å². The summed E-state index contributed by atoms with van der Waals surface area (Å²) >= 11 is 0. The third-order valence-electron chi connectivity index (χ3n) is 5.30. The molecule has 11 nitrogen and oxygen atoms in total. The third-order valence-corrected chi connectivity index (χ3v) is 5.30. The summed E-state index contributed by atoms with van der Waals surface area (Å²) in [5.74, 6) is 0.403. The molecule has 1 aliphatic rings. The zero-order valence-electron chi connectivity index (χ0n) is 18.0. The van der Waals surface area contributed by atoms with Crippen LogP contribution in [0.25, 0.3) is 23.2 Å². The molecule has 4 aromatic rings. The first kappa shape index (κ1) is 20.5. The zero-order valence-corrected chi connectivity index (χ0v) is 18.0. The molecule has 1 saturated carbocycles. The molecule has 3 aromatic heterocycles. The van der Waals surface area contributed by atoms with Crippen molar-refractivity contribution >= 4 is 23.6 Å². The first-order chi connectivity index (χ1) is 16.0. The van der Waals surface area contributed by atoms with Crippen LogP contribution in [0.2, 0.25) is 0 Å². The topological polar surface area (TPSA) is 146 Å². The molecule has 166 valence electrons. The van der Waals surface area contributed by atoms with Crippen molar-refractivity contribution in [1.29, 1.82) is 0 Å². The van der Waals surface area contributed by atoms with Crippen molar-refractivity contribution in [3.63, 3.8) is 0 Å². The van der Waals surface area contributed by atoms with Gasteiger partial charge >= 0.3 is 5.97 Å². The van der Waals surface area contributed by atoms with Gasteiger partial charge in [0.25, 0.3) is 5.89 Å². The summed E-state index contributed by atoms with van der Waals surface area (Å²) in [4.78, 5) is 35.8. The van der Waals surface area contributed by atoms with Crippen LogP contribution in [0.15, 0.2) is 47.1 Å². The van der Waals surface area contributed by atoms with Gasteiger partial charge in [-0.3, -0.25) is 4.98 Å². The summed E-state index contributed by atoms with van der Waals surface area (Å²) in [5.41, 5.74) is 8.24. The second-order valence-electron chi connectivity index (χ2n) is 7.52. The number of esters is 1. The third kappa shape index (κ3) is 3.95. The van der Waals surface area contributed by atoms with E-state index < -0.39 is 5.97 Å². The van der Waals surface area contributed by atoms with Gasteiger partial charge in [-0.2, -0.15) is 19.9 Å². The predicted molar refractivity (Wildman–Crippen MR) is 119 cm³/mol. The Labute approximate surface area is 188 Å². The minimum absolute atomic E-state index is 0.00763. The van der Waals surface area contributed by atoms with Crippen molar-refractivity contribution in [2.75, 3.05) is 24.8 Å². The second-order valence-corrected chi connectivity index (χ2v) is 7.52. The van der Waals surface area contributed by atoms with E-state index in [1.165, 1.54) is 7.11 Å². The maximum absolute atomic E-state index is 12.5. The molecular weight excluding hydrogens is 424 g/mol. The SMILES string of the molecule is COC(=O)c1c(C2CC2)ccnc1-c1nc(-c2nc(N)nc(N(C)c3ccccc3)n2)no1. The Morgan fingerprint density at radius 2 is 1.88 bits per heavy atom. The molecule has 2 N–H and O–H groups in total. The quantitative estimate of drug-likeness (QED) is 0.438. The van der Waals surface area contributed by atoms with Crippen molar-refractivity contribution in [3.05, 3.63) is 53.7 Å². The number of aromatic nitrogens is 6. The summed E-state index contributed by atoms with van der Waals surface area (Å²) in [6, 6.07) is 11.4. The number of benzene rings is 1. The number of ether oxygens (including phenoxy) is 1. The lowest BCUT2D eigenvalue weighted by molar-refractivity contribution is 0.0599. The lowest BCUT2D eigenvalue weighted by Crippen LogP contribution is -2.15. The first-order valence-electron chi connectivity index (χ1n) is 10.3. The number of carbonyl (C=O) groups excluding carboxylic acids is 1. The highest BCUT2D eigenvalue weighted by Crippen LogP contribution is 2.43. The highest BCUT2D eigenvalue weighted by Gasteiger charge is 2.32. The number of methoxy groups -OCH3 is 1. The number of hydrogen-bond acceptors (Lipinski definition) is 11. The van der Waals surface area contributed by atoms with E-state index in [9.17, 15) is 4.79 Å². The van der Waals surface area contributed by atoms with Gasteiger partial charge in [-0.05, 0) is 42.5 Å². The van der Waals surface area contributed by atoms with Crippen LogP contribution in [0.3, 0.4) is 0 Å². The molecule has 0 spiro atoms. The monoisotopic (exact) mass is 444 g/mol. The van der Waals surface area contributed by atoms with Gasteiger partial charge in [0.2, 0.25) is 23.5 Å². The van der Waals surface area contributed by atoms with E-state index in [0.717, 1.165) is 24.1 Å². The summed E-state index contributed by atoms with van der Waals surface area (Å²) in [7, 11) is 3.14. The summed E-state index contributed by atoms with van der Waals surface area (Å²) < 4.78 is 10.4. The lowest BCUT2D eigenvalue weighted by Gasteiger charge is -2.17. The van der Waals surface area contributed by atoms with E-state index in [-0.39, 0.29) is 29.2 Å². The molecule has 33 heavy (non-hydrogen) atoms.